The van der Waals surface area contributed by atoms with E-state index in [1.54, 1.807) is 11.3 Å². The molecule has 2 aromatic carbocycles. The van der Waals surface area contributed by atoms with Gasteiger partial charge in [-0.15, -0.1) is 11.3 Å². The van der Waals surface area contributed by atoms with Crippen molar-refractivity contribution in [3.8, 4) is 21.6 Å². The zero-order valence-corrected chi connectivity index (χ0v) is 12.3. The summed E-state index contributed by atoms with van der Waals surface area (Å²) >= 11 is 13.8. The van der Waals surface area contributed by atoms with E-state index in [0.29, 0.717) is 0 Å². The molecule has 0 aliphatic rings. The summed E-state index contributed by atoms with van der Waals surface area (Å²) in [5.41, 5.74) is 3.45. The van der Waals surface area contributed by atoms with Crippen LogP contribution >= 0.6 is 34.5 Å². The van der Waals surface area contributed by atoms with Crippen LogP contribution in [-0.2, 0) is 0 Å². The maximum absolute atomic E-state index is 6.07. The lowest BCUT2D eigenvalue weighted by molar-refractivity contribution is 1.65. The lowest BCUT2D eigenvalue weighted by Gasteiger charge is -2.05. The number of hydrogen-bond donors (Lipinski definition) is 0. The first-order valence-corrected chi connectivity index (χ1v) is 7.47. The predicted molar refractivity (Wildman–Crippen MR) is 85.2 cm³/mol. The Labute approximate surface area is 126 Å². The molecule has 0 aliphatic heterocycles. The van der Waals surface area contributed by atoms with Crippen LogP contribution in [0.1, 0.15) is 0 Å². The van der Waals surface area contributed by atoms with Crippen LogP contribution < -0.4 is 0 Å². The first kappa shape index (κ1) is 12.7. The average Bonchev–Trinajstić information content (AvgIpc) is 2.88. The maximum atomic E-state index is 6.07. The summed E-state index contributed by atoms with van der Waals surface area (Å²) in [4.78, 5) is 1.21. The molecule has 0 radical (unpaired) electrons. The molecule has 19 heavy (non-hydrogen) atoms. The highest BCUT2D eigenvalue weighted by Crippen LogP contribution is 2.38. The van der Waals surface area contributed by atoms with Gasteiger partial charge in [-0.2, -0.15) is 0 Å². The first-order valence-electron chi connectivity index (χ1n) is 5.83. The largest absolute Gasteiger partial charge is 0.143 e. The minimum atomic E-state index is 0.751. The summed E-state index contributed by atoms with van der Waals surface area (Å²) in [7, 11) is 0. The molecule has 0 saturated heterocycles. The summed E-state index contributed by atoms with van der Waals surface area (Å²) in [6, 6.07) is 17.9. The average molecular weight is 305 g/mol. The molecule has 0 amide bonds. The van der Waals surface area contributed by atoms with Crippen LogP contribution in [-0.4, -0.2) is 0 Å². The minimum Gasteiger partial charge on any atom is -0.143 e. The van der Waals surface area contributed by atoms with Crippen molar-refractivity contribution < 1.29 is 0 Å². The highest BCUT2D eigenvalue weighted by Gasteiger charge is 2.09. The Morgan fingerprint density at radius 1 is 0.737 bits per heavy atom. The quantitative estimate of drug-likeness (QED) is 0.514. The van der Waals surface area contributed by atoms with Crippen molar-refractivity contribution >= 4 is 34.5 Å². The zero-order chi connectivity index (χ0) is 13.2. The number of halogens is 2. The van der Waals surface area contributed by atoms with Crippen LogP contribution in [0.4, 0.5) is 0 Å². The Hall–Kier alpha value is -1.28. The lowest BCUT2D eigenvalue weighted by atomic mass is 10.0. The van der Waals surface area contributed by atoms with Crippen molar-refractivity contribution in [1.82, 2.24) is 0 Å². The summed E-state index contributed by atoms with van der Waals surface area (Å²) in [6.07, 6.45) is 0. The van der Waals surface area contributed by atoms with E-state index in [2.05, 4.69) is 23.6 Å². The third-order valence-electron chi connectivity index (χ3n) is 2.89. The van der Waals surface area contributed by atoms with Gasteiger partial charge in [-0.05, 0) is 46.8 Å². The minimum absolute atomic E-state index is 0.751. The summed E-state index contributed by atoms with van der Waals surface area (Å²) in [5.74, 6) is 0. The van der Waals surface area contributed by atoms with E-state index in [1.807, 2.05) is 36.4 Å². The molecule has 3 heteroatoms. The second-order valence-corrected chi connectivity index (χ2v) is 5.97. The first-order chi connectivity index (χ1) is 9.24. The van der Waals surface area contributed by atoms with E-state index in [4.69, 9.17) is 23.2 Å². The van der Waals surface area contributed by atoms with E-state index < -0.39 is 0 Å². The molecule has 0 atom stereocenters. The van der Waals surface area contributed by atoms with Crippen LogP contribution in [0, 0.1) is 0 Å². The van der Waals surface area contributed by atoms with Crippen molar-refractivity contribution in [1.29, 1.82) is 0 Å². The second kappa shape index (κ2) is 5.38. The molecule has 0 aliphatic carbocycles. The molecule has 1 heterocycles. The van der Waals surface area contributed by atoms with E-state index >= 15 is 0 Å². The van der Waals surface area contributed by atoms with Gasteiger partial charge >= 0.3 is 0 Å². The van der Waals surface area contributed by atoms with Gasteiger partial charge in [-0.25, -0.2) is 0 Å². The molecule has 0 spiro atoms. The van der Waals surface area contributed by atoms with E-state index in [0.717, 1.165) is 21.2 Å². The number of benzene rings is 2. The molecule has 0 fully saturated rings. The fourth-order valence-electron chi connectivity index (χ4n) is 2.05. The molecule has 0 unspecified atom stereocenters. The second-order valence-electron chi connectivity index (χ2n) is 4.18. The molecular weight excluding hydrogens is 295 g/mol. The standard InChI is InChI=1S/C16H10Cl2S/c17-13-5-1-3-11(9-13)15-7-8-19-16(15)12-4-2-6-14(18)10-12/h1-10H. The van der Waals surface area contributed by atoms with Gasteiger partial charge in [0.2, 0.25) is 0 Å². The van der Waals surface area contributed by atoms with Gasteiger partial charge in [0, 0.05) is 20.5 Å². The molecular formula is C16H10Cl2S. The van der Waals surface area contributed by atoms with Gasteiger partial charge in [0.05, 0.1) is 0 Å². The summed E-state index contributed by atoms with van der Waals surface area (Å²) in [6.45, 7) is 0. The number of rotatable bonds is 2. The van der Waals surface area contributed by atoms with E-state index in [1.165, 1.54) is 10.4 Å². The molecule has 0 saturated carbocycles. The maximum Gasteiger partial charge on any atom is 0.0421 e. The van der Waals surface area contributed by atoms with Crippen LogP contribution in [0.5, 0.6) is 0 Å². The van der Waals surface area contributed by atoms with Gasteiger partial charge in [-0.1, -0.05) is 47.5 Å². The molecule has 3 rings (SSSR count). The Morgan fingerprint density at radius 3 is 2.05 bits per heavy atom. The molecule has 1 aromatic heterocycles. The predicted octanol–water partition coefficient (Wildman–Crippen LogP) is 6.39. The van der Waals surface area contributed by atoms with Gasteiger partial charge < -0.3 is 0 Å². The Kier molecular flexibility index (Phi) is 3.61. The molecule has 3 aromatic rings. The highest BCUT2D eigenvalue weighted by molar-refractivity contribution is 7.14. The molecule has 0 N–H and O–H groups in total. The molecule has 0 nitrogen and oxygen atoms in total. The number of hydrogen-bond acceptors (Lipinski definition) is 1. The van der Waals surface area contributed by atoms with Crippen molar-refractivity contribution in [3.05, 3.63) is 70.0 Å². The normalized spacial score (nSPS) is 10.6. The third kappa shape index (κ3) is 2.69. The Bertz CT molecular complexity index is 656. The van der Waals surface area contributed by atoms with Gasteiger partial charge in [0.1, 0.15) is 0 Å². The lowest BCUT2D eigenvalue weighted by Crippen LogP contribution is -1.79. The van der Waals surface area contributed by atoms with E-state index in [-0.39, 0.29) is 0 Å². The SMILES string of the molecule is Clc1cccc(-c2ccsc2-c2cccc(Cl)c2)c1. The van der Waals surface area contributed by atoms with Crippen LogP contribution in [0.25, 0.3) is 21.6 Å². The third-order valence-corrected chi connectivity index (χ3v) is 4.32. The smallest absolute Gasteiger partial charge is 0.0421 e. The number of thiophene rings is 1. The van der Waals surface area contributed by atoms with Crippen molar-refractivity contribution in [3.63, 3.8) is 0 Å². The molecule has 0 bridgehead atoms. The fraction of sp³-hybridized carbons (Fsp3) is 0. The molecule has 94 valence electrons. The van der Waals surface area contributed by atoms with Gasteiger partial charge in [0.15, 0.2) is 0 Å². The monoisotopic (exact) mass is 304 g/mol. The van der Waals surface area contributed by atoms with Crippen LogP contribution in [0.2, 0.25) is 10.0 Å². The van der Waals surface area contributed by atoms with Crippen LogP contribution in [0.15, 0.2) is 60.0 Å². The highest BCUT2D eigenvalue weighted by atomic mass is 35.5. The Balaban J connectivity index is 2.13. The fourth-order valence-corrected chi connectivity index (χ4v) is 3.34. The van der Waals surface area contributed by atoms with Crippen LogP contribution in [0.3, 0.4) is 0 Å². The summed E-state index contributed by atoms with van der Waals surface area (Å²) < 4.78 is 0. The van der Waals surface area contributed by atoms with Crippen molar-refractivity contribution in [2.45, 2.75) is 0 Å². The Morgan fingerprint density at radius 2 is 1.37 bits per heavy atom. The van der Waals surface area contributed by atoms with Gasteiger partial charge in [-0.3, -0.25) is 0 Å². The zero-order valence-electron chi connectivity index (χ0n) is 9.94. The van der Waals surface area contributed by atoms with E-state index in [9.17, 15) is 0 Å². The topological polar surface area (TPSA) is 0 Å². The van der Waals surface area contributed by atoms with Crippen molar-refractivity contribution in [2.75, 3.05) is 0 Å². The van der Waals surface area contributed by atoms with Crippen molar-refractivity contribution in [2.24, 2.45) is 0 Å². The summed E-state index contributed by atoms with van der Waals surface area (Å²) in [5, 5.41) is 3.59. The van der Waals surface area contributed by atoms with Gasteiger partial charge in [0.25, 0.3) is 0 Å².